The second-order valence-corrected chi connectivity index (χ2v) is 7.32. The Labute approximate surface area is 185 Å². The maximum atomic E-state index is 14.4. The zero-order chi connectivity index (χ0) is 19.9. The zero-order valence-corrected chi connectivity index (χ0v) is 18.6. The van der Waals surface area contributed by atoms with Crippen LogP contribution in [0.15, 0.2) is 65.8 Å². The minimum absolute atomic E-state index is 0. The minimum Gasteiger partial charge on any atom is -0.486 e. The number of likely N-dealkylation sites (N-methyl/N-ethyl adjacent to an activating group) is 1. The molecule has 0 aliphatic rings. The molecule has 2 aromatic carbocycles. The first-order valence-corrected chi connectivity index (χ1v) is 9.93. The van der Waals surface area contributed by atoms with Gasteiger partial charge in [0.05, 0.1) is 11.7 Å². The van der Waals surface area contributed by atoms with Crippen LogP contribution in [0.5, 0.6) is 5.75 Å². The summed E-state index contributed by atoms with van der Waals surface area (Å²) in [5, 5.41) is 7.49. The van der Waals surface area contributed by atoms with Crippen LogP contribution in [0.4, 0.5) is 4.39 Å². The number of aromatic nitrogens is 2. The lowest BCUT2D eigenvalue weighted by molar-refractivity contribution is 0.342. The van der Waals surface area contributed by atoms with Crippen LogP contribution < -0.4 is 4.74 Å². The standard InChI is InChI=1S/C22H23BrFN3O.ClH/c1-3-10-27(4-2)11-9-17(16-5-7-19(23)8-6-16)15-28-22-13-21-18(12-20(22)24)14-25-26-21;/h3,5-9,12-14H,1,4,10-11,15H2,2H3,(H,25,26);1H. The summed E-state index contributed by atoms with van der Waals surface area (Å²) in [6.45, 7) is 8.68. The van der Waals surface area contributed by atoms with Crippen molar-refractivity contribution in [3.05, 3.63) is 77.2 Å². The van der Waals surface area contributed by atoms with Gasteiger partial charge in [0.25, 0.3) is 0 Å². The smallest absolute Gasteiger partial charge is 0.165 e. The summed E-state index contributed by atoms with van der Waals surface area (Å²) in [7, 11) is 0. The monoisotopic (exact) mass is 479 g/mol. The van der Waals surface area contributed by atoms with E-state index in [-0.39, 0.29) is 24.8 Å². The maximum Gasteiger partial charge on any atom is 0.165 e. The van der Waals surface area contributed by atoms with Crippen LogP contribution in [0.1, 0.15) is 12.5 Å². The molecule has 1 aromatic heterocycles. The molecule has 0 amide bonds. The van der Waals surface area contributed by atoms with Crippen molar-refractivity contribution in [3.8, 4) is 5.75 Å². The molecule has 0 spiro atoms. The number of H-pyrrole nitrogens is 1. The molecule has 0 unspecified atom stereocenters. The summed E-state index contributed by atoms with van der Waals surface area (Å²) in [6.07, 6.45) is 5.61. The molecule has 29 heavy (non-hydrogen) atoms. The van der Waals surface area contributed by atoms with Gasteiger partial charge in [0.2, 0.25) is 0 Å². The number of aromatic amines is 1. The molecule has 3 aromatic rings. The Balaban J connectivity index is 0.00000300. The molecule has 3 rings (SSSR count). The van der Waals surface area contributed by atoms with Crippen molar-refractivity contribution in [2.24, 2.45) is 0 Å². The number of nitrogens with zero attached hydrogens (tertiary/aromatic N) is 2. The predicted octanol–water partition coefficient (Wildman–Crippen LogP) is 5.86. The molecule has 154 valence electrons. The Bertz CT molecular complexity index is 972. The summed E-state index contributed by atoms with van der Waals surface area (Å²) in [4.78, 5) is 2.25. The van der Waals surface area contributed by atoms with Gasteiger partial charge in [-0.05, 0) is 35.9 Å². The summed E-state index contributed by atoms with van der Waals surface area (Å²) in [5.41, 5.74) is 2.79. The van der Waals surface area contributed by atoms with Crippen LogP contribution in [0.2, 0.25) is 0 Å². The minimum atomic E-state index is -0.397. The summed E-state index contributed by atoms with van der Waals surface area (Å²) < 4.78 is 21.2. The molecule has 0 bridgehead atoms. The van der Waals surface area contributed by atoms with Crippen molar-refractivity contribution in [1.82, 2.24) is 15.1 Å². The van der Waals surface area contributed by atoms with Gasteiger partial charge in [0.1, 0.15) is 6.61 Å². The molecule has 7 heteroatoms. The number of fused-ring (bicyclic) bond motifs is 1. The number of rotatable bonds is 9. The fourth-order valence-electron chi connectivity index (χ4n) is 2.89. The largest absolute Gasteiger partial charge is 0.486 e. The van der Waals surface area contributed by atoms with Gasteiger partial charge in [-0.25, -0.2) is 4.39 Å². The van der Waals surface area contributed by atoms with E-state index in [1.165, 1.54) is 6.07 Å². The SMILES string of the molecule is C=CCN(CC)CC=C(COc1cc2[nH]ncc2cc1F)c1ccc(Br)cc1.Cl. The molecule has 0 radical (unpaired) electrons. The van der Waals surface area contributed by atoms with Gasteiger partial charge < -0.3 is 4.74 Å². The molecule has 0 fully saturated rings. The Morgan fingerprint density at radius 1 is 1.28 bits per heavy atom. The lowest BCUT2D eigenvalue weighted by Gasteiger charge is -2.18. The summed E-state index contributed by atoms with van der Waals surface area (Å²) in [6, 6.07) is 11.1. The molecule has 0 saturated heterocycles. The van der Waals surface area contributed by atoms with Crippen molar-refractivity contribution < 1.29 is 9.13 Å². The second kappa shape index (κ2) is 11.1. The third-order valence-corrected chi connectivity index (χ3v) is 5.05. The predicted molar refractivity (Wildman–Crippen MR) is 123 cm³/mol. The topological polar surface area (TPSA) is 41.1 Å². The normalized spacial score (nSPS) is 11.5. The van der Waals surface area contributed by atoms with Crippen LogP contribution in [0.25, 0.3) is 16.5 Å². The molecule has 0 atom stereocenters. The highest BCUT2D eigenvalue weighted by Crippen LogP contribution is 2.25. The lowest BCUT2D eigenvalue weighted by atomic mass is 10.1. The van der Waals surface area contributed by atoms with Crippen molar-refractivity contribution in [3.63, 3.8) is 0 Å². The van der Waals surface area contributed by atoms with Crippen molar-refractivity contribution >= 4 is 44.8 Å². The van der Waals surface area contributed by atoms with Gasteiger partial charge in [0.15, 0.2) is 11.6 Å². The van der Waals surface area contributed by atoms with E-state index in [4.69, 9.17) is 4.74 Å². The van der Waals surface area contributed by atoms with Gasteiger partial charge in [0, 0.05) is 29.0 Å². The van der Waals surface area contributed by atoms with E-state index < -0.39 is 5.82 Å². The molecule has 4 nitrogen and oxygen atoms in total. The van der Waals surface area contributed by atoms with Gasteiger partial charge >= 0.3 is 0 Å². The molecule has 1 N–H and O–H groups in total. The number of benzene rings is 2. The third kappa shape index (κ3) is 6.16. The van der Waals surface area contributed by atoms with E-state index >= 15 is 0 Å². The fraction of sp³-hybridized carbons (Fsp3) is 0.227. The van der Waals surface area contributed by atoms with Crippen LogP contribution in [-0.2, 0) is 0 Å². The number of halogens is 3. The van der Waals surface area contributed by atoms with Crippen molar-refractivity contribution in [2.45, 2.75) is 6.92 Å². The first-order chi connectivity index (χ1) is 13.6. The quantitative estimate of drug-likeness (QED) is 0.390. The molecule has 0 saturated carbocycles. The molecular weight excluding hydrogens is 457 g/mol. The second-order valence-electron chi connectivity index (χ2n) is 6.41. The zero-order valence-electron chi connectivity index (χ0n) is 16.2. The summed E-state index contributed by atoms with van der Waals surface area (Å²) in [5.74, 6) is -0.191. The molecule has 0 aliphatic carbocycles. The van der Waals surface area contributed by atoms with Crippen LogP contribution >= 0.6 is 28.3 Å². The summed E-state index contributed by atoms with van der Waals surface area (Å²) >= 11 is 3.46. The Kier molecular flexibility index (Phi) is 8.89. The maximum absolute atomic E-state index is 14.4. The number of nitrogens with one attached hydrogen (secondary N) is 1. The number of ether oxygens (including phenoxy) is 1. The number of hydrogen-bond acceptors (Lipinski definition) is 3. The Morgan fingerprint density at radius 3 is 2.72 bits per heavy atom. The van der Waals surface area contributed by atoms with E-state index in [2.05, 4.69) is 50.6 Å². The average Bonchev–Trinajstić information content (AvgIpc) is 3.15. The highest BCUT2D eigenvalue weighted by atomic mass is 79.9. The van der Waals surface area contributed by atoms with Crippen LogP contribution in [0, 0.1) is 5.82 Å². The highest BCUT2D eigenvalue weighted by Gasteiger charge is 2.10. The Morgan fingerprint density at radius 2 is 2.03 bits per heavy atom. The Hall–Kier alpha value is -2.15. The van der Waals surface area contributed by atoms with Crippen LogP contribution in [0.3, 0.4) is 0 Å². The first kappa shape index (κ1) is 23.1. The number of hydrogen-bond donors (Lipinski definition) is 1. The average molecular weight is 481 g/mol. The van der Waals surface area contributed by atoms with Gasteiger partial charge in [-0.3, -0.25) is 10.00 Å². The van der Waals surface area contributed by atoms with Crippen molar-refractivity contribution in [1.29, 1.82) is 0 Å². The lowest BCUT2D eigenvalue weighted by Crippen LogP contribution is -2.23. The molecular formula is C22H24BrClFN3O. The first-order valence-electron chi connectivity index (χ1n) is 9.14. The van der Waals surface area contributed by atoms with Crippen molar-refractivity contribution in [2.75, 3.05) is 26.2 Å². The highest BCUT2D eigenvalue weighted by molar-refractivity contribution is 9.10. The van der Waals surface area contributed by atoms with Crippen LogP contribution in [-0.4, -0.2) is 41.3 Å². The van der Waals surface area contributed by atoms with E-state index in [1.807, 2.05) is 30.3 Å². The molecule has 0 aliphatic heterocycles. The molecule has 1 heterocycles. The van der Waals surface area contributed by atoms with Gasteiger partial charge in [-0.2, -0.15) is 5.10 Å². The van der Waals surface area contributed by atoms with Gasteiger partial charge in [-0.15, -0.1) is 19.0 Å². The van der Waals surface area contributed by atoms with E-state index in [9.17, 15) is 4.39 Å². The van der Waals surface area contributed by atoms with E-state index in [1.54, 1.807) is 12.3 Å². The van der Waals surface area contributed by atoms with Gasteiger partial charge in [-0.1, -0.05) is 47.1 Å². The fourth-order valence-corrected chi connectivity index (χ4v) is 3.15. The van der Waals surface area contributed by atoms with E-state index in [0.717, 1.165) is 46.1 Å². The van der Waals surface area contributed by atoms with E-state index in [0.29, 0.717) is 0 Å². The third-order valence-electron chi connectivity index (χ3n) is 4.52.